The van der Waals surface area contributed by atoms with Crippen LogP contribution in [0.4, 0.5) is 0 Å². The highest BCUT2D eigenvalue weighted by molar-refractivity contribution is 7.89. The summed E-state index contributed by atoms with van der Waals surface area (Å²) in [7, 11) is -2.42. The number of hydrogen-bond donors (Lipinski definition) is 1. The minimum absolute atomic E-state index is 0.0117. The van der Waals surface area contributed by atoms with Crippen LogP contribution in [0.25, 0.3) is 0 Å². The van der Waals surface area contributed by atoms with Gasteiger partial charge in [-0.1, -0.05) is 12.1 Å². The summed E-state index contributed by atoms with van der Waals surface area (Å²) in [6.45, 7) is 6.64. The lowest BCUT2D eigenvalue weighted by atomic mass is 10.2. The molecule has 0 aliphatic rings. The summed E-state index contributed by atoms with van der Waals surface area (Å²) in [5.74, 6) is -0.117. The van der Waals surface area contributed by atoms with Gasteiger partial charge in [0.25, 0.3) is 0 Å². The van der Waals surface area contributed by atoms with Gasteiger partial charge in [-0.15, -0.1) is 0 Å². The predicted octanol–water partition coefficient (Wildman–Crippen LogP) is 0.827. The Bertz CT molecular complexity index is 560. The number of nitrogens with zero attached hydrogens (tertiary/aromatic N) is 2. The van der Waals surface area contributed by atoms with Crippen LogP contribution in [0.2, 0.25) is 0 Å². The van der Waals surface area contributed by atoms with E-state index in [0.717, 1.165) is 10.7 Å². The molecule has 8 heteroatoms. The molecule has 20 heavy (non-hydrogen) atoms. The Morgan fingerprint density at radius 1 is 1.45 bits per heavy atom. The van der Waals surface area contributed by atoms with Crippen molar-refractivity contribution in [2.45, 2.75) is 45.1 Å². The van der Waals surface area contributed by atoms with Gasteiger partial charge in [0.1, 0.15) is 10.6 Å². The monoisotopic (exact) mass is 303 g/mol. The van der Waals surface area contributed by atoms with Gasteiger partial charge in [-0.05, 0) is 27.2 Å². The molecule has 1 N–H and O–H groups in total. The molecule has 114 valence electrons. The van der Waals surface area contributed by atoms with Crippen molar-refractivity contribution in [1.82, 2.24) is 14.8 Å². The number of likely N-dealkylation sites (N-methyl/N-ethyl adjacent to an activating group) is 1. The highest BCUT2D eigenvalue weighted by Gasteiger charge is 2.29. The van der Waals surface area contributed by atoms with Crippen LogP contribution in [0.3, 0.4) is 0 Å². The Morgan fingerprint density at radius 3 is 2.50 bits per heavy atom. The molecule has 0 aliphatic heterocycles. The Morgan fingerprint density at radius 2 is 2.05 bits per heavy atom. The van der Waals surface area contributed by atoms with Crippen LogP contribution in [0, 0.1) is 13.8 Å². The molecule has 1 aromatic rings. The molecule has 0 saturated heterocycles. The summed E-state index contributed by atoms with van der Waals surface area (Å²) in [5.41, 5.74) is 0.289. The molecule has 1 heterocycles. The number of nitrogens with one attached hydrogen (secondary N) is 1. The summed E-state index contributed by atoms with van der Waals surface area (Å²) >= 11 is 0. The first kappa shape index (κ1) is 16.6. The molecule has 0 bridgehead atoms. The van der Waals surface area contributed by atoms with Gasteiger partial charge in [0.05, 0.1) is 6.54 Å². The summed E-state index contributed by atoms with van der Waals surface area (Å²) in [5, 5.41) is 6.35. The van der Waals surface area contributed by atoms with Gasteiger partial charge in [-0.3, -0.25) is 4.79 Å². The number of aryl methyl sites for hydroxylation is 2. The van der Waals surface area contributed by atoms with Gasteiger partial charge in [-0.25, -0.2) is 8.42 Å². The summed E-state index contributed by atoms with van der Waals surface area (Å²) in [6, 6.07) is 0.0117. The fraction of sp³-hybridized carbons (Fsp3) is 0.667. The molecular formula is C12H21N3O4S. The van der Waals surface area contributed by atoms with Crippen LogP contribution in [0.5, 0.6) is 0 Å². The molecule has 0 aromatic carbocycles. The molecule has 0 saturated carbocycles. The van der Waals surface area contributed by atoms with Gasteiger partial charge < -0.3 is 9.84 Å². The lowest BCUT2D eigenvalue weighted by Gasteiger charge is -2.18. The minimum atomic E-state index is -3.78. The van der Waals surface area contributed by atoms with E-state index in [1.807, 2.05) is 13.8 Å². The first-order valence-electron chi connectivity index (χ1n) is 6.38. The third-order valence-corrected chi connectivity index (χ3v) is 5.07. The van der Waals surface area contributed by atoms with Crippen LogP contribution < -0.4 is 5.32 Å². The number of aromatic nitrogens is 1. The number of sulfonamides is 1. The maximum absolute atomic E-state index is 12.4. The molecule has 1 amide bonds. The van der Waals surface area contributed by atoms with Crippen LogP contribution in [-0.4, -0.2) is 43.4 Å². The Labute approximate surface area is 119 Å². The third kappa shape index (κ3) is 3.57. The fourth-order valence-corrected chi connectivity index (χ4v) is 3.12. The van der Waals surface area contributed by atoms with Crippen molar-refractivity contribution in [1.29, 1.82) is 0 Å². The average Bonchev–Trinajstić information content (AvgIpc) is 2.68. The molecule has 0 radical (unpaired) electrons. The van der Waals surface area contributed by atoms with E-state index in [9.17, 15) is 13.2 Å². The maximum atomic E-state index is 12.4. The first-order chi connectivity index (χ1) is 9.20. The molecule has 1 atom stereocenters. The number of amides is 1. The topological polar surface area (TPSA) is 92.5 Å². The molecule has 1 rings (SSSR count). The van der Waals surface area contributed by atoms with Gasteiger partial charge in [0.15, 0.2) is 5.76 Å². The van der Waals surface area contributed by atoms with Crippen molar-refractivity contribution in [3.8, 4) is 0 Å². The SMILES string of the molecule is CCC(C)NC(=O)CN(C)S(=O)(=O)c1c(C)noc1C. The van der Waals surface area contributed by atoms with Gasteiger partial charge >= 0.3 is 0 Å². The van der Waals surface area contributed by atoms with E-state index in [0.29, 0.717) is 0 Å². The zero-order valence-electron chi connectivity index (χ0n) is 12.4. The van der Waals surface area contributed by atoms with E-state index in [-0.39, 0.29) is 34.8 Å². The number of hydrogen-bond acceptors (Lipinski definition) is 5. The van der Waals surface area contributed by atoms with Crippen LogP contribution in [-0.2, 0) is 14.8 Å². The van der Waals surface area contributed by atoms with Crippen molar-refractivity contribution in [2.75, 3.05) is 13.6 Å². The second kappa shape index (κ2) is 6.36. The van der Waals surface area contributed by atoms with E-state index in [4.69, 9.17) is 4.52 Å². The van der Waals surface area contributed by atoms with Gasteiger partial charge in [0.2, 0.25) is 15.9 Å². The Kier molecular flexibility index (Phi) is 5.29. The molecule has 1 unspecified atom stereocenters. The summed E-state index contributed by atoms with van der Waals surface area (Å²) < 4.78 is 30.6. The quantitative estimate of drug-likeness (QED) is 0.840. The lowest BCUT2D eigenvalue weighted by molar-refractivity contribution is -0.121. The third-order valence-electron chi connectivity index (χ3n) is 3.02. The number of rotatable bonds is 6. The van der Waals surface area contributed by atoms with Crippen molar-refractivity contribution in [3.63, 3.8) is 0 Å². The lowest BCUT2D eigenvalue weighted by Crippen LogP contribution is -2.41. The van der Waals surface area contributed by atoms with Crippen LogP contribution in [0.15, 0.2) is 9.42 Å². The molecule has 0 spiro atoms. The van der Waals surface area contributed by atoms with Crippen LogP contribution >= 0.6 is 0 Å². The summed E-state index contributed by atoms with van der Waals surface area (Å²) in [6.07, 6.45) is 0.784. The molecule has 7 nitrogen and oxygen atoms in total. The van der Waals surface area contributed by atoms with E-state index in [1.54, 1.807) is 6.92 Å². The number of carbonyl (C=O) groups is 1. The predicted molar refractivity (Wildman–Crippen MR) is 73.7 cm³/mol. The van der Waals surface area contributed by atoms with E-state index in [2.05, 4.69) is 10.5 Å². The molecular weight excluding hydrogens is 282 g/mol. The summed E-state index contributed by atoms with van der Waals surface area (Å²) in [4.78, 5) is 11.8. The van der Waals surface area contributed by atoms with Crippen LogP contribution in [0.1, 0.15) is 31.7 Å². The standard InChI is InChI=1S/C12H21N3O4S/c1-6-8(2)13-11(16)7-15(5)20(17,18)12-9(3)14-19-10(12)4/h8H,6-7H2,1-5H3,(H,13,16). The van der Waals surface area contributed by atoms with Crippen molar-refractivity contribution >= 4 is 15.9 Å². The van der Waals surface area contributed by atoms with Crippen molar-refractivity contribution < 1.29 is 17.7 Å². The van der Waals surface area contributed by atoms with E-state index >= 15 is 0 Å². The fourth-order valence-electron chi connectivity index (χ4n) is 1.71. The second-order valence-corrected chi connectivity index (χ2v) is 6.77. The first-order valence-corrected chi connectivity index (χ1v) is 7.82. The number of carbonyl (C=O) groups excluding carboxylic acids is 1. The van der Waals surface area contributed by atoms with Gasteiger partial charge in [-0.2, -0.15) is 4.31 Å². The largest absolute Gasteiger partial charge is 0.360 e. The molecule has 1 aromatic heterocycles. The molecule has 0 fully saturated rings. The Hall–Kier alpha value is -1.41. The molecule has 0 aliphatic carbocycles. The second-order valence-electron chi connectivity index (χ2n) is 4.79. The van der Waals surface area contributed by atoms with Crippen molar-refractivity contribution in [2.24, 2.45) is 0 Å². The Balaban J connectivity index is 2.86. The normalized spacial score (nSPS) is 13.5. The smallest absolute Gasteiger partial charge is 0.248 e. The average molecular weight is 303 g/mol. The van der Waals surface area contributed by atoms with E-state index in [1.165, 1.54) is 14.0 Å². The van der Waals surface area contributed by atoms with Crippen molar-refractivity contribution in [3.05, 3.63) is 11.5 Å². The van der Waals surface area contributed by atoms with Gasteiger partial charge in [0, 0.05) is 13.1 Å². The van der Waals surface area contributed by atoms with E-state index < -0.39 is 10.0 Å². The zero-order valence-corrected chi connectivity index (χ0v) is 13.2. The highest BCUT2D eigenvalue weighted by Crippen LogP contribution is 2.21. The maximum Gasteiger partial charge on any atom is 0.248 e. The zero-order chi connectivity index (χ0) is 15.5. The minimum Gasteiger partial charge on any atom is -0.360 e. The highest BCUT2D eigenvalue weighted by atomic mass is 32.2.